The molecule has 1 aliphatic heterocycles. The molecule has 3 aromatic heterocycles. The fraction of sp³-hybridized carbons (Fsp3) is 0.529. The van der Waals surface area contributed by atoms with E-state index in [-0.39, 0.29) is 29.9 Å². The highest BCUT2D eigenvalue weighted by Crippen LogP contribution is 2.40. The summed E-state index contributed by atoms with van der Waals surface area (Å²) in [7, 11) is 3.60. The first kappa shape index (κ1) is 28.5. The summed E-state index contributed by atoms with van der Waals surface area (Å²) < 4.78 is 23.6. The van der Waals surface area contributed by atoms with Gasteiger partial charge < -0.3 is 29.8 Å². The van der Waals surface area contributed by atoms with E-state index in [1.54, 1.807) is 7.11 Å². The zero-order chi connectivity index (χ0) is 31.1. The average molecular weight is 614 g/mol. The molecule has 1 saturated heterocycles. The van der Waals surface area contributed by atoms with E-state index in [9.17, 15) is 14.0 Å². The molecule has 8 rings (SSSR count). The molecule has 3 saturated carbocycles. The average Bonchev–Trinajstić information content (AvgIpc) is 3.88. The number of alkyl halides is 1. The number of hydrogen-bond donors (Lipinski definition) is 2. The van der Waals surface area contributed by atoms with Gasteiger partial charge in [0.05, 0.1) is 36.0 Å². The zero-order valence-corrected chi connectivity index (χ0v) is 26.0. The van der Waals surface area contributed by atoms with Gasteiger partial charge in [-0.25, -0.2) is 14.4 Å². The van der Waals surface area contributed by atoms with Gasteiger partial charge in [0, 0.05) is 43.2 Å². The van der Waals surface area contributed by atoms with Crippen molar-refractivity contribution in [2.45, 2.75) is 76.3 Å². The molecule has 4 aliphatic rings. The number of halogens is 1. The summed E-state index contributed by atoms with van der Waals surface area (Å²) in [5, 5.41) is 3.91. The second-order valence-electron chi connectivity index (χ2n) is 13.7. The zero-order valence-electron chi connectivity index (χ0n) is 26.0. The van der Waals surface area contributed by atoms with E-state index in [4.69, 9.17) is 20.4 Å². The van der Waals surface area contributed by atoms with Gasteiger partial charge in [-0.05, 0) is 87.6 Å². The van der Waals surface area contributed by atoms with Crippen molar-refractivity contribution in [3.63, 3.8) is 0 Å². The predicted molar refractivity (Wildman–Crippen MR) is 168 cm³/mol. The van der Waals surface area contributed by atoms with E-state index < -0.39 is 12.1 Å². The Hall–Kier alpha value is -3.99. The van der Waals surface area contributed by atoms with Gasteiger partial charge in [-0.1, -0.05) is 0 Å². The third-order valence-corrected chi connectivity index (χ3v) is 10.5. The maximum absolute atomic E-state index is 13.8. The number of fused-ring (bicyclic) bond motifs is 4. The Morgan fingerprint density at radius 3 is 2.67 bits per heavy atom. The number of imidazole rings is 1. The second-order valence-corrected chi connectivity index (χ2v) is 13.7. The number of ether oxygens (including phenoxy) is 1. The number of benzene rings is 1. The molecular formula is C34H40FN7O3. The number of piperidine rings is 1. The van der Waals surface area contributed by atoms with E-state index >= 15 is 0 Å². The number of pyridine rings is 1. The number of aromatic nitrogens is 4. The molecule has 2 bridgehead atoms. The van der Waals surface area contributed by atoms with E-state index in [0.29, 0.717) is 41.6 Å². The smallest absolute Gasteiger partial charge is 0.254 e. The molecule has 4 aromatic rings. The third-order valence-electron chi connectivity index (χ3n) is 10.5. The molecule has 236 valence electrons. The molecule has 1 unspecified atom stereocenters. The lowest BCUT2D eigenvalue weighted by molar-refractivity contribution is -0.123. The van der Waals surface area contributed by atoms with Crippen LogP contribution < -0.4 is 15.8 Å². The lowest BCUT2D eigenvalue weighted by Gasteiger charge is -2.37. The Morgan fingerprint density at radius 2 is 1.93 bits per heavy atom. The standard InChI is InChI=1S/C34H40FN7O3/c1-17(37-33(43)23-14-24(23)35)26-9-7-20-12-28(42(31(20)38-26)15-18-4-5-18)32-39-27-11-21(13-29(45-3)30(27)40(32)2)34(44)41-16-25(36)19-6-8-22(41)10-19/h7,9,11-13,17-19,22-25H,4-6,8,10,14-16,36H2,1-3H3,(H,37,43)/t17-,19+,22-,23?,24-,25+/m1/s1. The Labute approximate surface area is 261 Å². The lowest BCUT2D eigenvalue weighted by atomic mass is 9.94. The molecule has 0 spiro atoms. The maximum atomic E-state index is 13.8. The largest absolute Gasteiger partial charge is 0.494 e. The molecule has 4 heterocycles. The molecule has 0 radical (unpaired) electrons. The van der Waals surface area contributed by atoms with Crippen molar-refractivity contribution in [1.29, 1.82) is 0 Å². The van der Waals surface area contributed by atoms with Crippen LogP contribution >= 0.6 is 0 Å². The second kappa shape index (κ2) is 10.5. The molecule has 3 aliphatic carbocycles. The van der Waals surface area contributed by atoms with Gasteiger partial charge >= 0.3 is 0 Å². The molecule has 3 N–H and O–H groups in total. The van der Waals surface area contributed by atoms with Crippen molar-refractivity contribution in [1.82, 2.24) is 29.3 Å². The van der Waals surface area contributed by atoms with Crippen LogP contribution in [0.4, 0.5) is 4.39 Å². The van der Waals surface area contributed by atoms with Gasteiger partial charge in [-0.3, -0.25) is 9.59 Å². The monoisotopic (exact) mass is 613 g/mol. The molecule has 6 atom stereocenters. The van der Waals surface area contributed by atoms with Crippen LogP contribution in [0.15, 0.2) is 30.3 Å². The summed E-state index contributed by atoms with van der Waals surface area (Å²) in [5.41, 5.74) is 11.0. The number of aryl methyl sites for hydroxylation is 1. The number of amides is 2. The fourth-order valence-electron chi connectivity index (χ4n) is 7.56. The molecule has 2 amide bonds. The van der Waals surface area contributed by atoms with E-state index in [2.05, 4.69) is 16.0 Å². The van der Waals surface area contributed by atoms with Crippen LogP contribution in [-0.4, -0.2) is 67.7 Å². The number of hydrogen-bond acceptors (Lipinski definition) is 6. The van der Waals surface area contributed by atoms with Gasteiger partial charge in [0.2, 0.25) is 5.91 Å². The van der Waals surface area contributed by atoms with Crippen LogP contribution in [-0.2, 0) is 18.4 Å². The topological polar surface area (TPSA) is 120 Å². The Morgan fingerprint density at radius 1 is 1.13 bits per heavy atom. The highest BCUT2D eigenvalue weighted by molar-refractivity contribution is 6.00. The highest BCUT2D eigenvalue weighted by atomic mass is 19.1. The first-order chi connectivity index (χ1) is 21.7. The van der Waals surface area contributed by atoms with Gasteiger partial charge in [0.15, 0.2) is 5.82 Å². The SMILES string of the molecule is COc1cc(C(=O)N2C[C@H](N)[C@H]3CC[C@@H]2C3)cc2nc(-c3cc4ccc([C@@H](C)NC(=O)C5C[C@H]5F)nc4n3CC3CC3)n(C)c12. The predicted octanol–water partition coefficient (Wildman–Crippen LogP) is 4.50. The molecule has 45 heavy (non-hydrogen) atoms. The lowest BCUT2D eigenvalue weighted by Crippen LogP contribution is -2.51. The third kappa shape index (κ3) is 4.86. The first-order valence-electron chi connectivity index (χ1n) is 16.3. The van der Waals surface area contributed by atoms with Crippen molar-refractivity contribution in [2.75, 3.05) is 13.7 Å². The first-order valence-corrected chi connectivity index (χ1v) is 16.3. The van der Waals surface area contributed by atoms with Gasteiger partial charge in [-0.15, -0.1) is 0 Å². The molecule has 10 nitrogen and oxygen atoms in total. The summed E-state index contributed by atoms with van der Waals surface area (Å²) in [6, 6.07) is 9.69. The number of nitrogens with two attached hydrogens (primary N) is 1. The minimum Gasteiger partial charge on any atom is -0.494 e. The number of nitrogens with one attached hydrogen (secondary N) is 1. The number of methoxy groups -OCH3 is 1. The quantitative estimate of drug-likeness (QED) is 0.302. The van der Waals surface area contributed by atoms with E-state index in [0.717, 1.165) is 59.6 Å². The molecule has 4 fully saturated rings. The van der Waals surface area contributed by atoms with Gasteiger partial charge in [0.1, 0.15) is 23.1 Å². The summed E-state index contributed by atoms with van der Waals surface area (Å²) in [6.45, 7) is 3.27. The van der Waals surface area contributed by atoms with Gasteiger partial charge in [0.25, 0.3) is 5.91 Å². The number of rotatable bonds is 8. The summed E-state index contributed by atoms with van der Waals surface area (Å²) in [4.78, 5) is 38.3. The van der Waals surface area contributed by atoms with Crippen LogP contribution in [0, 0.1) is 17.8 Å². The van der Waals surface area contributed by atoms with Crippen LogP contribution in [0.2, 0.25) is 0 Å². The van der Waals surface area contributed by atoms with E-state index in [1.165, 1.54) is 12.8 Å². The number of likely N-dealkylation sites (tertiary alicyclic amines) is 1. The van der Waals surface area contributed by atoms with Crippen molar-refractivity contribution >= 4 is 33.9 Å². The van der Waals surface area contributed by atoms with Crippen LogP contribution in [0.25, 0.3) is 33.6 Å². The van der Waals surface area contributed by atoms with Crippen LogP contribution in [0.3, 0.4) is 0 Å². The Bertz CT molecular complexity index is 1840. The molecule has 1 aromatic carbocycles. The summed E-state index contributed by atoms with van der Waals surface area (Å²) in [5.74, 6) is 1.62. The number of carbonyl (C=O) groups is 2. The van der Waals surface area contributed by atoms with Crippen molar-refractivity contribution in [3.05, 3.63) is 41.6 Å². The van der Waals surface area contributed by atoms with E-state index in [1.807, 2.05) is 47.7 Å². The van der Waals surface area contributed by atoms with Crippen molar-refractivity contribution in [3.8, 4) is 17.3 Å². The molecular weight excluding hydrogens is 573 g/mol. The minimum absolute atomic E-state index is 0.0160. The highest BCUT2D eigenvalue weighted by Gasteiger charge is 2.44. The summed E-state index contributed by atoms with van der Waals surface area (Å²) in [6.07, 6.45) is 4.66. The number of nitrogens with zero attached hydrogens (tertiary/aromatic N) is 5. The molecule has 11 heteroatoms. The number of carbonyl (C=O) groups excluding carboxylic acids is 2. The summed E-state index contributed by atoms with van der Waals surface area (Å²) >= 11 is 0. The van der Waals surface area contributed by atoms with Crippen molar-refractivity contribution in [2.24, 2.45) is 30.5 Å². The van der Waals surface area contributed by atoms with Gasteiger partial charge in [-0.2, -0.15) is 0 Å². The normalized spacial score (nSPS) is 26.4. The Kier molecular flexibility index (Phi) is 6.67. The van der Waals surface area contributed by atoms with Crippen molar-refractivity contribution < 1.29 is 18.7 Å². The Balaban J connectivity index is 1.17. The minimum atomic E-state index is -1.04. The maximum Gasteiger partial charge on any atom is 0.254 e. The van der Waals surface area contributed by atoms with Crippen LogP contribution in [0.1, 0.15) is 67.5 Å². The fourth-order valence-corrected chi connectivity index (χ4v) is 7.56. The van der Waals surface area contributed by atoms with Crippen LogP contribution in [0.5, 0.6) is 5.75 Å².